The number of ether oxygens (including phenoxy) is 1. The molecule has 6 heteroatoms. The van der Waals surface area contributed by atoms with Crippen molar-refractivity contribution in [3.05, 3.63) is 28.2 Å². The fourth-order valence-corrected chi connectivity index (χ4v) is 2.19. The van der Waals surface area contributed by atoms with Crippen LogP contribution in [0.1, 0.15) is 30.1 Å². The molecule has 0 saturated carbocycles. The molecule has 116 valence electrons. The molecule has 0 spiro atoms. The smallest absolute Gasteiger partial charge is 0.223 e. The first-order chi connectivity index (χ1) is 9.90. The van der Waals surface area contributed by atoms with Crippen LogP contribution in [0.3, 0.4) is 0 Å². The van der Waals surface area contributed by atoms with E-state index in [4.69, 9.17) is 10.5 Å². The summed E-state index contributed by atoms with van der Waals surface area (Å²) in [6, 6.07) is 5.20. The molecule has 2 N–H and O–H groups in total. The van der Waals surface area contributed by atoms with E-state index in [1.807, 2.05) is 6.92 Å². The summed E-state index contributed by atoms with van der Waals surface area (Å²) in [6.45, 7) is 2.27. The monoisotopic (exact) mass is 356 g/mol. The van der Waals surface area contributed by atoms with Gasteiger partial charge in [0, 0.05) is 36.9 Å². The summed E-state index contributed by atoms with van der Waals surface area (Å²) >= 11 is 3.33. The minimum atomic E-state index is -0.115. The van der Waals surface area contributed by atoms with Gasteiger partial charge in [0.05, 0.1) is 12.7 Å². The van der Waals surface area contributed by atoms with Gasteiger partial charge < -0.3 is 15.4 Å². The van der Waals surface area contributed by atoms with Gasteiger partial charge in [0.25, 0.3) is 0 Å². The van der Waals surface area contributed by atoms with Crippen LogP contribution >= 0.6 is 15.9 Å². The Hall–Kier alpha value is -1.40. The number of halogens is 1. The van der Waals surface area contributed by atoms with Crippen LogP contribution < -0.4 is 10.5 Å². The fourth-order valence-electron chi connectivity index (χ4n) is 1.83. The summed E-state index contributed by atoms with van der Waals surface area (Å²) in [6.07, 6.45) is 0.308. The molecule has 0 heterocycles. The summed E-state index contributed by atoms with van der Waals surface area (Å²) < 4.78 is 5.98. The first-order valence-corrected chi connectivity index (χ1v) is 7.52. The predicted molar refractivity (Wildman–Crippen MR) is 85.5 cm³/mol. The molecule has 5 nitrogen and oxygen atoms in total. The van der Waals surface area contributed by atoms with Gasteiger partial charge in [0.2, 0.25) is 5.91 Å². The second-order valence-electron chi connectivity index (χ2n) is 4.86. The molecule has 1 unspecified atom stereocenters. The van der Waals surface area contributed by atoms with Gasteiger partial charge in [-0.2, -0.15) is 0 Å². The Bertz CT molecular complexity index is 520. The van der Waals surface area contributed by atoms with Gasteiger partial charge in [-0.05, 0) is 25.1 Å². The van der Waals surface area contributed by atoms with Crippen LogP contribution in [0.4, 0.5) is 0 Å². The molecule has 0 aliphatic carbocycles. The third kappa shape index (κ3) is 4.82. The lowest BCUT2D eigenvalue weighted by molar-refractivity contribution is -0.131. The third-order valence-electron chi connectivity index (χ3n) is 3.42. The number of methoxy groups -OCH3 is 1. The van der Waals surface area contributed by atoms with Crippen molar-refractivity contribution in [2.75, 3.05) is 20.7 Å². The Balaban J connectivity index is 2.70. The maximum absolute atomic E-state index is 12.2. The van der Waals surface area contributed by atoms with Crippen molar-refractivity contribution >= 4 is 27.6 Å². The number of rotatable bonds is 7. The molecule has 1 aromatic carbocycles. The predicted octanol–water partition coefficient (Wildman–Crippen LogP) is 2.23. The van der Waals surface area contributed by atoms with Gasteiger partial charge in [-0.25, -0.2) is 0 Å². The standard InChI is InChI=1S/C15H21BrN2O3/c1-10(9-17)18(2)15(20)7-5-13(19)12-8-11(16)4-6-14(12)21-3/h4,6,8,10H,5,7,9,17H2,1-3H3. The fraction of sp³-hybridized carbons (Fsp3) is 0.467. The Morgan fingerprint density at radius 2 is 2.05 bits per heavy atom. The molecule has 1 atom stereocenters. The normalized spacial score (nSPS) is 11.9. The van der Waals surface area contributed by atoms with E-state index in [2.05, 4.69) is 15.9 Å². The summed E-state index contributed by atoms with van der Waals surface area (Å²) in [5.41, 5.74) is 6.01. The lowest BCUT2D eigenvalue weighted by Gasteiger charge is -2.23. The van der Waals surface area contributed by atoms with Crippen LogP contribution in [0.2, 0.25) is 0 Å². The van der Waals surface area contributed by atoms with Crippen LogP contribution in [-0.4, -0.2) is 43.3 Å². The molecule has 1 aromatic rings. The minimum Gasteiger partial charge on any atom is -0.496 e. The van der Waals surface area contributed by atoms with Gasteiger partial charge >= 0.3 is 0 Å². The molecule has 1 amide bonds. The van der Waals surface area contributed by atoms with Crippen molar-refractivity contribution in [3.8, 4) is 5.75 Å². The van der Waals surface area contributed by atoms with Crippen molar-refractivity contribution < 1.29 is 14.3 Å². The highest BCUT2D eigenvalue weighted by atomic mass is 79.9. The molecule has 1 rings (SSSR count). The number of Topliss-reactive ketones (excluding diaryl/α,β-unsaturated/α-hetero) is 1. The quantitative estimate of drug-likeness (QED) is 0.760. The maximum Gasteiger partial charge on any atom is 0.223 e. The number of likely N-dealkylation sites (N-methyl/N-ethyl adjacent to an activating group) is 1. The van der Waals surface area contributed by atoms with E-state index in [1.165, 1.54) is 7.11 Å². The molecule has 0 aliphatic heterocycles. The first kappa shape index (κ1) is 17.7. The summed E-state index contributed by atoms with van der Waals surface area (Å²) in [4.78, 5) is 25.8. The van der Waals surface area contributed by atoms with Crippen molar-refractivity contribution in [3.63, 3.8) is 0 Å². The number of hydrogen-bond donors (Lipinski definition) is 1. The number of hydrogen-bond acceptors (Lipinski definition) is 4. The van der Waals surface area contributed by atoms with Crippen molar-refractivity contribution in [1.82, 2.24) is 4.90 Å². The number of carbonyl (C=O) groups excluding carboxylic acids is 2. The summed E-state index contributed by atoms with van der Waals surface area (Å²) in [5.74, 6) is 0.310. The molecular formula is C15H21BrN2O3. The zero-order valence-corrected chi connectivity index (χ0v) is 14.1. The average molecular weight is 357 g/mol. The second-order valence-corrected chi connectivity index (χ2v) is 5.77. The second kappa shape index (κ2) is 8.14. The molecular weight excluding hydrogens is 336 g/mol. The van der Waals surface area contributed by atoms with Crippen LogP contribution in [0, 0.1) is 0 Å². The maximum atomic E-state index is 12.2. The Kier molecular flexibility index (Phi) is 6.84. The van der Waals surface area contributed by atoms with E-state index >= 15 is 0 Å². The minimum absolute atomic E-state index is 0.0343. The number of nitrogens with two attached hydrogens (primary N) is 1. The van der Waals surface area contributed by atoms with Crippen LogP contribution in [-0.2, 0) is 4.79 Å². The molecule has 0 aliphatic rings. The topological polar surface area (TPSA) is 72.6 Å². The van der Waals surface area contributed by atoms with Crippen molar-refractivity contribution in [2.24, 2.45) is 5.73 Å². The van der Waals surface area contributed by atoms with E-state index in [-0.39, 0.29) is 30.6 Å². The molecule has 0 saturated heterocycles. The molecule has 0 aromatic heterocycles. The lowest BCUT2D eigenvalue weighted by atomic mass is 10.0. The van der Waals surface area contributed by atoms with E-state index < -0.39 is 0 Å². The third-order valence-corrected chi connectivity index (χ3v) is 3.92. The van der Waals surface area contributed by atoms with Crippen LogP contribution in [0.25, 0.3) is 0 Å². The zero-order valence-electron chi connectivity index (χ0n) is 12.6. The SMILES string of the molecule is COc1ccc(Br)cc1C(=O)CCC(=O)N(C)C(C)CN. The van der Waals surface area contributed by atoms with Gasteiger partial charge in [-0.3, -0.25) is 9.59 Å². The van der Waals surface area contributed by atoms with Crippen LogP contribution in [0.5, 0.6) is 5.75 Å². The molecule has 0 fully saturated rings. The molecule has 0 bridgehead atoms. The average Bonchev–Trinajstić information content (AvgIpc) is 2.50. The summed E-state index contributed by atoms with van der Waals surface area (Å²) in [7, 11) is 3.21. The molecule has 21 heavy (non-hydrogen) atoms. The lowest BCUT2D eigenvalue weighted by Crippen LogP contribution is -2.39. The van der Waals surface area contributed by atoms with E-state index in [0.29, 0.717) is 17.9 Å². The van der Waals surface area contributed by atoms with Gasteiger partial charge in [0.15, 0.2) is 5.78 Å². The van der Waals surface area contributed by atoms with Gasteiger partial charge in [0.1, 0.15) is 5.75 Å². The van der Waals surface area contributed by atoms with E-state index in [9.17, 15) is 9.59 Å². The number of benzene rings is 1. The number of ketones is 1. The Morgan fingerprint density at radius 3 is 2.62 bits per heavy atom. The van der Waals surface area contributed by atoms with E-state index in [1.54, 1.807) is 30.1 Å². The highest BCUT2D eigenvalue weighted by Crippen LogP contribution is 2.24. The first-order valence-electron chi connectivity index (χ1n) is 6.73. The largest absolute Gasteiger partial charge is 0.496 e. The van der Waals surface area contributed by atoms with Crippen LogP contribution in [0.15, 0.2) is 22.7 Å². The van der Waals surface area contributed by atoms with Gasteiger partial charge in [-0.1, -0.05) is 15.9 Å². The summed E-state index contributed by atoms with van der Waals surface area (Å²) in [5, 5.41) is 0. The van der Waals surface area contributed by atoms with Gasteiger partial charge in [-0.15, -0.1) is 0 Å². The highest BCUT2D eigenvalue weighted by molar-refractivity contribution is 9.10. The highest BCUT2D eigenvalue weighted by Gasteiger charge is 2.18. The number of amides is 1. The van der Waals surface area contributed by atoms with Crippen molar-refractivity contribution in [2.45, 2.75) is 25.8 Å². The van der Waals surface area contributed by atoms with E-state index in [0.717, 1.165) is 4.47 Å². The zero-order chi connectivity index (χ0) is 16.0. The Labute approximate surface area is 133 Å². The van der Waals surface area contributed by atoms with Crippen molar-refractivity contribution in [1.29, 1.82) is 0 Å². The Morgan fingerprint density at radius 1 is 1.38 bits per heavy atom. The number of carbonyl (C=O) groups is 2. The number of nitrogens with zero attached hydrogens (tertiary/aromatic N) is 1. The molecule has 0 radical (unpaired) electrons.